The average molecular weight is 321 g/mol. The fraction of sp³-hybridized carbons (Fsp3) is 0.529. The summed E-state index contributed by atoms with van der Waals surface area (Å²) in [6.07, 6.45) is 7.81. The molecule has 0 saturated heterocycles. The van der Waals surface area contributed by atoms with Crippen molar-refractivity contribution >= 4 is 16.9 Å². The van der Waals surface area contributed by atoms with E-state index in [4.69, 9.17) is 0 Å². The number of pyridine rings is 1. The SMILES string of the molecule is Cc1nc2[nH]c(C(=O)NC3CCCCCCC3)cc2c(F)c1F. The van der Waals surface area contributed by atoms with Gasteiger partial charge in [-0.1, -0.05) is 32.1 Å². The fourth-order valence-corrected chi connectivity index (χ4v) is 3.18. The lowest BCUT2D eigenvalue weighted by Gasteiger charge is -2.20. The van der Waals surface area contributed by atoms with Crippen LogP contribution in [-0.2, 0) is 0 Å². The first-order valence-electron chi connectivity index (χ1n) is 8.21. The summed E-state index contributed by atoms with van der Waals surface area (Å²) < 4.78 is 27.5. The second-order valence-corrected chi connectivity index (χ2v) is 6.29. The Kier molecular flexibility index (Phi) is 4.59. The van der Waals surface area contributed by atoms with Crippen molar-refractivity contribution in [2.75, 3.05) is 0 Å². The Morgan fingerprint density at radius 2 is 1.83 bits per heavy atom. The van der Waals surface area contributed by atoms with Crippen molar-refractivity contribution in [3.63, 3.8) is 0 Å². The van der Waals surface area contributed by atoms with Crippen molar-refractivity contribution < 1.29 is 13.6 Å². The normalized spacial score (nSPS) is 17.0. The first-order chi connectivity index (χ1) is 11.1. The molecule has 1 amide bonds. The highest BCUT2D eigenvalue weighted by Gasteiger charge is 2.20. The molecular formula is C17H21F2N3O. The molecule has 0 aromatic carbocycles. The fourth-order valence-electron chi connectivity index (χ4n) is 3.18. The number of fused-ring (bicyclic) bond motifs is 1. The van der Waals surface area contributed by atoms with Gasteiger partial charge in [-0.15, -0.1) is 0 Å². The van der Waals surface area contributed by atoms with Gasteiger partial charge >= 0.3 is 0 Å². The topological polar surface area (TPSA) is 57.8 Å². The lowest BCUT2D eigenvalue weighted by Crippen LogP contribution is -2.35. The molecule has 1 aliphatic rings. The maximum absolute atomic E-state index is 13.9. The van der Waals surface area contributed by atoms with Crippen LogP contribution in [0.4, 0.5) is 8.78 Å². The molecule has 2 N–H and O–H groups in total. The Labute approximate surface area is 133 Å². The minimum atomic E-state index is -0.969. The summed E-state index contributed by atoms with van der Waals surface area (Å²) in [5.74, 6) is -2.22. The Bertz CT molecular complexity index is 718. The molecular weight excluding hydrogens is 300 g/mol. The van der Waals surface area contributed by atoms with Gasteiger partial charge < -0.3 is 10.3 Å². The molecule has 3 rings (SSSR count). The number of carbonyl (C=O) groups excluding carboxylic acids is 1. The van der Waals surface area contributed by atoms with Gasteiger partial charge in [0.25, 0.3) is 5.91 Å². The molecule has 1 fully saturated rings. The number of nitrogens with one attached hydrogen (secondary N) is 2. The highest BCUT2D eigenvalue weighted by molar-refractivity contribution is 5.97. The third-order valence-electron chi connectivity index (χ3n) is 4.51. The van der Waals surface area contributed by atoms with E-state index in [9.17, 15) is 13.6 Å². The van der Waals surface area contributed by atoms with Crippen LogP contribution in [0, 0.1) is 18.6 Å². The predicted octanol–water partition coefficient (Wildman–Crippen LogP) is 3.99. The van der Waals surface area contributed by atoms with E-state index in [0.29, 0.717) is 0 Å². The molecule has 23 heavy (non-hydrogen) atoms. The third-order valence-corrected chi connectivity index (χ3v) is 4.51. The zero-order valence-corrected chi connectivity index (χ0v) is 13.2. The van der Waals surface area contributed by atoms with Crippen molar-refractivity contribution in [3.8, 4) is 0 Å². The Balaban J connectivity index is 1.79. The number of aryl methyl sites for hydroxylation is 1. The van der Waals surface area contributed by atoms with Crippen molar-refractivity contribution in [2.45, 2.75) is 57.9 Å². The summed E-state index contributed by atoms with van der Waals surface area (Å²) >= 11 is 0. The van der Waals surface area contributed by atoms with Gasteiger partial charge in [-0.25, -0.2) is 13.8 Å². The minimum absolute atomic E-state index is 0.0101. The lowest BCUT2D eigenvalue weighted by atomic mass is 9.96. The molecule has 0 radical (unpaired) electrons. The number of halogens is 2. The maximum Gasteiger partial charge on any atom is 0.267 e. The summed E-state index contributed by atoms with van der Waals surface area (Å²) in [6.45, 7) is 1.40. The molecule has 124 valence electrons. The predicted molar refractivity (Wildman–Crippen MR) is 84.3 cm³/mol. The average Bonchev–Trinajstić information content (AvgIpc) is 2.91. The number of carbonyl (C=O) groups is 1. The Morgan fingerprint density at radius 1 is 1.17 bits per heavy atom. The van der Waals surface area contributed by atoms with E-state index in [1.807, 2.05) is 0 Å². The van der Waals surface area contributed by atoms with Crippen molar-refractivity contribution in [3.05, 3.63) is 29.1 Å². The van der Waals surface area contributed by atoms with Gasteiger partial charge in [0.1, 0.15) is 11.3 Å². The molecule has 0 bridgehead atoms. The van der Waals surface area contributed by atoms with Crippen molar-refractivity contribution in [2.24, 2.45) is 0 Å². The van der Waals surface area contributed by atoms with E-state index in [1.165, 1.54) is 32.3 Å². The Hall–Kier alpha value is -1.98. The standard InChI is InChI=1S/C17H21F2N3O/c1-10-14(18)15(19)12-9-13(22-16(12)20-10)17(23)21-11-7-5-3-2-4-6-8-11/h9,11H,2-8H2,1H3,(H,20,22)(H,21,23). The molecule has 1 aliphatic carbocycles. The zero-order chi connectivity index (χ0) is 16.4. The molecule has 4 nitrogen and oxygen atoms in total. The number of aromatic nitrogens is 2. The van der Waals surface area contributed by atoms with E-state index >= 15 is 0 Å². The van der Waals surface area contributed by atoms with Gasteiger partial charge in [-0.3, -0.25) is 4.79 Å². The smallest absolute Gasteiger partial charge is 0.267 e. The van der Waals surface area contributed by atoms with Gasteiger partial charge in [-0.05, 0) is 25.8 Å². The van der Waals surface area contributed by atoms with Crippen LogP contribution in [0.3, 0.4) is 0 Å². The highest BCUT2D eigenvalue weighted by atomic mass is 19.2. The summed E-state index contributed by atoms with van der Waals surface area (Å²) in [5, 5.41) is 3.01. The van der Waals surface area contributed by atoms with Crippen LogP contribution in [0.5, 0.6) is 0 Å². The second-order valence-electron chi connectivity index (χ2n) is 6.29. The second kappa shape index (κ2) is 6.64. The molecule has 0 atom stereocenters. The van der Waals surface area contributed by atoms with E-state index in [-0.39, 0.29) is 34.4 Å². The molecule has 2 aromatic heterocycles. The van der Waals surface area contributed by atoms with E-state index in [0.717, 1.165) is 25.7 Å². The summed E-state index contributed by atoms with van der Waals surface area (Å²) in [5.41, 5.74) is 0.395. The van der Waals surface area contributed by atoms with Crippen LogP contribution in [-0.4, -0.2) is 21.9 Å². The van der Waals surface area contributed by atoms with Crippen LogP contribution in [0.15, 0.2) is 6.07 Å². The van der Waals surface area contributed by atoms with Crippen molar-refractivity contribution in [1.29, 1.82) is 0 Å². The summed E-state index contributed by atoms with van der Waals surface area (Å²) in [4.78, 5) is 19.1. The number of H-pyrrole nitrogens is 1. The molecule has 0 spiro atoms. The van der Waals surface area contributed by atoms with Crippen LogP contribution < -0.4 is 5.32 Å². The highest BCUT2D eigenvalue weighted by Crippen LogP contribution is 2.22. The molecule has 2 aromatic rings. The van der Waals surface area contributed by atoms with Crippen LogP contribution in [0.2, 0.25) is 0 Å². The lowest BCUT2D eigenvalue weighted by molar-refractivity contribution is 0.0926. The molecule has 0 aliphatic heterocycles. The summed E-state index contributed by atoms with van der Waals surface area (Å²) in [6, 6.07) is 1.48. The van der Waals surface area contributed by atoms with Crippen molar-refractivity contribution in [1.82, 2.24) is 15.3 Å². The van der Waals surface area contributed by atoms with Gasteiger partial charge in [0.2, 0.25) is 0 Å². The molecule has 2 heterocycles. The number of nitrogens with zero attached hydrogens (tertiary/aromatic N) is 1. The molecule has 6 heteroatoms. The first-order valence-corrected chi connectivity index (χ1v) is 8.21. The van der Waals surface area contributed by atoms with Gasteiger partial charge in [0, 0.05) is 6.04 Å². The third kappa shape index (κ3) is 3.35. The minimum Gasteiger partial charge on any atom is -0.348 e. The number of aromatic amines is 1. The number of hydrogen-bond donors (Lipinski definition) is 2. The number of hydrogen-bond acceptors (Lipinski definition) is 2. The maximum atomic E-state index is 13.9. The van der Waals surface area contributed by atoms with Gasteiger partial charge in [0.15, 0.2) is 11.6 Å². The number of amides is 1. The quantitative estimate of drug-likeness (QED) is 0.878. The number of rotatable bonds is 2. The summed E-state index contributed by atoms with van der Waals surface area (Å²) in [7, 11) is 0. The van der Waals surface area contributed by atoms with E-state index < -0.39 is 11.6 Å². The monoisotopic (exact) mass is 321 g/mol. The largest absolute Gasteiger partial charge is 0.348 e. The molecule has 0 unspecified atom stereocenters. The zero-order valence-electron chi connectivity index (χ0n) is 13.2. The van der Waals surface area contributed by atoms with Gasteiger partial charge in [-0.2, -0.15) is 0 Å². The van der Waals surface area contributed by atoms with Gasteiger partial charge in [0.05, 0.1) is 11.1 Å². The van der Waals surface area contributed by atoms with E-state index in [2.05, 4.69) is 15.3 Å². The molecule has 1 saturated carbocycles. The first kappa shape index (κ1) is 15.9. The van der Waals surface area contributed by atoms with E-state index in [1.54, 1.807) is 0 Å². The van der Waals surface area contributed by atoms with Crippen LogP contribution >= 0.6 is 0 Å². The Morgan fingerprint density at radius 3 is 2.52 bits per heavy atom. The van der Waals surface area contributed by atoms with Crippen LogP contribution in [0.25, 0.3) is 11.0 Å². The van der Waals surface area contributed by atoms with Crippen LogP contribution in [0.1, 0.15) is 61.1 Å².